The van der Waals surface area contributed by atoms with Gasteiger partial charge >= 0.3 is 5.97 Å². The molecule has 1 amide bonds. The summed E-state index contributed by atoms with van der Waals surface area (Å²) in [6, 6.07) is 23.3. The maximum Gasteiger partial charge on any atom is 0.335 e. The van der Waals surface area contributed by atoms with Crippen LogP contribution in [0.5, 0.6) is 0 Å². The number of carboxylic acids is 1. The second kappa shape index (κ2) is 7.94. The highest BCUT2D eigenvalue weighted by Gasteiger charge is 2.17. The molecule has 0 unspecified atom stereocenters. The summed E-state index contributed by atoms with van der Waals surface area (Å²) < 4.78 is 1.94. The lowest BCUT2D eigenvalue weighted by Gasteiger charge is -2.05. The Morgan fingerprint density at radius 1 is 1.00 bits per heavy atom. The van der Waals surface area contributed by atoms with Crippen LogP contribution in [0.1, 0.15) is 31.8 Å². The average Bonchev–Trinajstić information content (AvgIpc) is 3.12. The molecule has 146 valence electrons. The van der Waals surface area contributed by atoms with E-state index in [4.69, 9.17) is 5.11 Å². The Morgan fingerprint density at radius 2 is 1.80 bits per heavy atom. The lowest BCUT2D eigenvalue weighted by atomic mass is 10.1. The molecule has 4 rings (SSSR count). The zero-order chi connectivity index (χ0) is 21.1. The lowest BCUT2D eigenvalue weighted by Crippen LogP contribution is -2.12. The van der Waals surface area contributed by atoms with Crippen molar-refractivity contribution in [1.82, 2.24) is 4.57 Å². The Kier molecular flexibility index (Phi) is 5.02. The minimum Gasteiger partial charge on any atom is -0.478 e. The van der Waals surface area contributed by atoms with Gasteiger partial charge in [-0.05, 0) is 35.9 Å². The topological polar surface area (TPSA) is 95.1 Å². The van der Waals surface area contributed by atoms with E-state index in [2.05, 4.69) is 11.4 Å². The fourth-order valence-corrected chi connectivity index (χ4v) is 3.38. The third kappa shape index (κ3) is 3.77. The Balaban J connectivity index is 1.73. The molecule has 0 aliphatic rings. The predicted molar refractivity (Wildman–Crippen MR) is 114 cm³/mol. The van der Waals surface area contributed by atoms with Crippen molar-refractivity contribution in [2.75, 3.05) is 5.32 Å². The number of aromatic nitrogens is 1. The predicted octanol–water partition coefficient (Wildman–Crippen LogP) is 4.51. The first-order valence-corrected chi connectivity index (χ1v) is 9.27. The number of amides is 1. The second-order valence-electron chi connectivity index (χ2n) is 6.84. The van der Waals surface area contributed by atoms with Gasteiger partial charge in [0.15, 0.2) is 0 Å². The summed E-state index contributed by atoms with van der Waals surface area (Å²) in [7, 11) is 0. The van der Waals surface area contributed by atoms with Crippen LogP contribution in [-0.2, 0) is 6.54 Å². The van der Waals surface area contributed by atoms with Crippen LogP contribution in [0.15, 0.2) is 79.0 Å². The molecule has 6 heteroatoms. The Hall–Kier alpha value is -4.37. The molecule has 0 aliphatic heterocycles. The van der Waals surface area contributed by atoms with Crippen LogP contribution in [0.25, 0.3) is 10.9 Å². The maximum atomic E-state index is 13.0. The smallest absolute Gasteiger partial charge is 0.335 e. The summed E-state index contributed by atoms with van der Waals surface area (Å²) in [5.74, 6) is -1.41. The van der Waals surface area contributed by atoms with E-state index in [0.717, 1.165) is 16.5 Å². The summed E-state index contributed by atoms with van der Waals surface area (Å²) in [5.41, 5.74) is 3.30. The van der Waals surface area contributed by atoms with Gasteiger partial charge in [0.2, 0.25) is 0 Å². The molecule has 30 heavy (non-hydrogen) atoms. The van der Waals surface area contributed by atoms with E-state index in [9.17, 15) is 14.9 Å². The number of carboxylic acid groups (broad SMARTS) is 1. The number of nitriles is 1. The highest BCUT2D eigenvalue weighted by Crippen LogP contribution is 2.25. The first-order valence-electron chi connectivity index (χ1n) is 9.27. The number of hydrogen-bond acceptors (Lipinski definition) is 3. The van der Waals surface area contributed by atoms with Crippen molar-refractivity contribution in [2.24, 2.45) is 0 Å². The first kappa shape index (κ1) is 19.0. The summed E-state index contributed by atoms with van der Waals surface area (Å²) in [4.78, 5) is 24.2. The lowest BCUT2D eigenvalue weighted by molar-refractivity contribution is 0.0696. The summed E-state index contributed by atoms with van der Waals surface area (Å²) in [6.45, 7) is 0.550. The molecule has 0 radical (unpaired) electrons. The monoisotopic (exact) mass is 395 g/mol. The second-order valence-corrected chi connectivity index (χ2v) is 6.84. The summed E-state index contributed by atoms with van der Waals surface area (Å²) in [6.07, 6.45) is 1.76. The van der Waals surface area contributed by atoms with Crippen molar-refractivity contribution in [1.29, 1.82) is 5.26 Å². The van der Waals surface area contributed by atoms with Crippen molar-refractivity contribution >= 4 is 28.5 Å². The number of carbonyl (C=O) groups is 2. The molecule has 0 aliphatic carbocycles. The molecule has 2 N–H and O–H groups in total. The molecule has 1 heterocycles. The van der Waals surface area contributed by atoms with Gasteiger partial charge in [0.05, 0.1) is 28.3 Å². The highest BCUT2D eigenvalue weighted by molar-refractivity contribution is 6.13. The molecule has 0 bridgehead atoms. The van der Waals surface area contributed by atoms with E-state index in [1.54, 1.807) is 36.5 Å². The van der Waals surface area contributed by atoms with Gasteiger partial charge in [0, 0.05) is 23.8 Å². The van der Waals surface area contributed by atoms with E-state index < -0.39 is 5.97 Å². The SMILES string of the molecule is N#Cc1ccc2c(C(=O)Nc3cccc(C(=O)O)c3)cn(Cc3ccccc3)c2c1. The summed E-state index contributed by atoms with van der Waals surface area (Å²) in [5, 5.41) is 21.9. The number of nitrogens with one attached hydrogen (secondary N) is 1. The number of benzene rings is 3. The molecule has 0 atom stereocenters. The number of hydrogen-bond donors (Lipinski definition) is 2. The fraction of sp³-hybridized carbons (Fsp3) is 0.0417. The van der Waals surface area contributed by atoms with Gasteiger partial charge in [0.25, 0.3) is 5.91 Å². The van der Waals surface area contributed by atoms with Gasteiger partial charge in [-0.3, -0.25) is 4.79 Å². The van der Waals surface area contributed by atoms with Crippen molar-refractivity contribution in [3.63, 3.8) is 0 Å². The molecule has 6 nitrogen and oxygen atoms in total. The van der Waals surface area contributed by atoms with Crippen molar-refractivity contribution in [3.8, 4) is 6.07 Å². The molecule has 0 spiro atoms. The molecule has 4 aromatic rings. The number of fused-ring (bicyclic) bond motifs is 1. The van der Waals surface area contributed by atoms with Gasteiger partial charge in [-0.1, -0.05) is 42.5 Å². The van der Waals surface area contributed by atoms with E-state index in [0.29, 0.717) is 23.4 Å². The van der Waals surface area contributed by atoms with Crippen LogP contribution >= 0.6 is 0 Å². The molecule has 0 fully saturated rings. The largest absolute Gasteiger partial charge is 0.478 e. The van der Waals surface area contributed by atoms with Crippen LogP contribution in [0, 0.1) is 11.3 Å². The van der Waals surface area contributed by atoms with Crippen LogP contribution < -0.4 is 5.32 Å². The van der Waals surface area contributed by atoms with E-state index in [1.807, 2.05) is 34.9 Å². The van der Waals surface area contributed by atoms with Gasteiger partial charge < -0.3 is 15.0 Å². The number of aromatic carboxylic acids is 1. The van der Waals surface area contributed by atoms with Crippen LogP contribution in [-0.4, -0.2) is 21.6 Å². The standard InChI is InChI=1S/C24H17N3O3/c25-13-17-9-10-20-21(23(28)26-19-8-4-7-18(12-19)24(29)30)15-27(22(20)11-17)14-16-5-2-1-3-6-16/h1-12,15H,14H2,(H,26,28)(H,29,30). The van der Waals surface area contributed by atoms with Crippen molar-refractivity contribution < 1.29 is 14.7 Å². The Morgan fingerprint density at radius 3 is 2.53 bits per heavy atom. The normalized spacial score (nSPS) is 10.5. The van der Waals surface area contributed by atoms with Crippen molar-refractivity contribution in [3.05, 3.63) is 101 Å². The van der Waals surface area contributed by atoms with Gasteiger partial charge in [-0.15, -0.1) is 0 Å². The highest BCUT2D eigenvalue weighted by atomic mass is 16.4. The first-order chi connectivity index (χ1) is 14.5. The number of anilines is 1. The third-order valence-corrected chi connectivity index (χ3v) is 4.82. The Labute approximate surface area is 172 Å². The minimum atomic E-state index is -1.06. The average molecular weight is 395 g/mol. The van der Waals surface area contributed by atoms with Crippen LogP contribution in [0.4, 0.5) is 5.69 Å². The molecule has 1 aromatic heterocycles. The number of nitrogens with zero attached hydrogens (tertiary/aromatic N) is 2. The van der Waals surface area contributed by atoms with Gasteiger partial charge in [-0.2, -0.15) is 5.26 Å². The number of carbonyl (C=O) groups excluding carboxylic acids is 1. The molecule has 0 saturated carbocycles. The Bertz CT molecular complexity index is 1300. The van der Waals surface area contributed by atoms with E-state index in [1.165, 1.54) is 12.1 Å². The van der Waals surface area contributed by atoms with Gasteiger partial charge in [-0.25, -0.2) is 4.79 Å². The van der Waals surface area contributed by atoms with E-state index in [-0.39, 0.29) is 11.5 Å². The zero-order valence-electron chi connectivity index (χ0n) is 15.9. The van der Waals surface area contributed by atoms with Crippen LogP contribution in [0.3, 0.4) is 0 Å². The molecular formula is C24H17N3O3. The fourth-order valence-electron chi connectivity index (χ4n) is 3.38. The van der Waals surface area contributed by atoms with Crippen LogP contribution in [0.2, 0.25) is 0 Å². The maximum absolute atomic E-state index is 13.0. The molecule has 0 saturated heterocycles. The number of rotatable bonds is 5. The third-order valence-electron chi connectivity index (χ3n) is 4.82. The quantitative estimate of drug-likeness (QED) is 0.520. The molecule has 3 aromatic carbocycles. The van der Waals surface area contributed by atoms with Crippen molar-refractivity contribution in [2.45, 2.75) is 6.54 Å². The van der Waals surface area contributed by atoms with E-state index >= 15 is 0 Å². The summed E-state index contributed by atoms with van der Waals surface area (Å²) >= 11 is 0. The molecular weight excluding hydrogens is 378 g/mol. The minimum absolute atomic E-state index is 0.0953. The van der Waals surface area contributed by atoms with Gasteiger partial charge in [0.1, 0.15) is 0 Å². The zero-order valence-corrected chi connectivity index (χ0v) is 15.9.